The van der Waals surface area contributed by atoms with Crippen molar-refractivity contribution in [1.82, 2.24) is 0 Å². The van der Waals surface area contributed by atoms with Gasteiger partial charge < -0.3 is 5.11 Å². The van der Waals surface area contributed by atoms with E-state index in [2.05, 4.69) is 19.1 Å². The van der Waals surface area contributed by atoms with Crippen LogP contribution in [0.5, 0.6) is 0 Å². The van der Waals surface area contributed by atoms with Crippen molar-refractivity contribution in [2.24, 2.45) is 0 Å². The predicted molar refractivity (Wildman–Crippen MR) is 85.3 cm³/mol. The van der Waals surface area contributed by atoms with Gasteiger partial charge in [-0.2, -0.15) is 0 Å². The highest BCUT2D eigenvalue weighted by Crippen LogP contribution is 2.26. The predicted octanol–water partition coefficient (Wildman–Crippen LogP) is 5.07. The molecular weight excluding hydrogens is 268 g/mol. The molecule has 0 aliphatic carbocycles. The third kappa shape index (κ3) is 3.62. The van der Waals surface area contributed by atoms with E-state index in [0.717, 1.165) is 28.1 Å². The van der Waals surface area contributed by atoms with E-state index < -0.39 is 6.10 Å². The topological polar surface area (TPSA) is 20.2 Å². The van der Waals surface area contributed by atoms with E-state index in [-0.39, 0.29) is 0 Å². The Morgan fingerprint density at radius 2 is 1.70 bits per heavy atom. The minimum absolute atomic E-state index is 0.591. The molecule has 1 nitrogen and oxygen atoms in total. The van der Waals surface area contributed by atoms with E-state index in [1.54, 1.807) is 0 Å². The van der Waals surface area contributed by atoms with Gasteiger partial charge in [-0.05, 0) is 48.1 Å². The van der Waals surface area contributed by atoms with Crippen LogP contribution in [0.3, 0.4) is 0 Å². The Hall–Kier alpha value is -1.31. The second kappa shape index (κ2) is 6.92. The van der Waals surface area contributed by atoms with Crippen LogP contribution in [-0.2, 0) is 6.42 Å². The van der Waals surface area contributed by atoms with E-state index in [0.29, 0.717) is 0 Å². The van der Waals surface area contributed by atoms with Crippen LogP contribution in [0.15, 0.2) is 42.5 Å². The molecule has 0 saturated carbocycles. The molecule has 0 heterocycles. The van der Waals surface area contributed by atoms with Gasteiger partial charge in [0.25, 0.3) is 0 Å². The summed E-state index contributed by atoms with van der Waals surface area (Å²) in [7, 11) is 0. The van der Waals surface area contributed by atoms with Crippen molar-refractivity contribution in [1.29, 1.82) is 0 Å². The van der Waals surface area contributed by atoms with E-state index >= 15 is 0 Å². The van der Waals surface area contributed by atoms with Gasteiger partial charge in [-0.25, -0.2) is 0 Å². The van der Waals surface area contributed by atoms with Crippen molar-refractivity contribution in [3.8, 4) is 0 Å². The van der Waals surface area contributed by atoms with Crippen molar-refractivity contribution < 1.29 is 5.11 Å². The molecule has 2 aromatic rings. The van der Waals surface area contributed by atoms with Crippen LogP contribution in [0.1, 0.15) is 48.1 Å². The van der Waals surface area contributed by atoms with Gasteiger partial charge in [0, 0.05) is 5.02 Å². The first-order valence-corrected chi connectivity index (χ1v) is 7.52. The van der Waals surface area contributed by atoms with Crippen molar-refractivity contribution in [2.75, 3.05) is 0 Å². The summed E-state index contributed by atoms with van der Waals surface area (Å²) >= 11 is 6.02. The van der Waals surface area contributed by atoms with E-state index in [4.69, 9.17) is 11.6 Å². The van der Waals surface area contributed by atoms with Crippen LogP contribution in [0, 0.1) is 6.92 Å². The summed E-state index contributed by atoms with van der Waals surface area (Å²) in [5.41, 5.74) is 4.12. The highest BCUT2D eigenvalue weighted by molar-refractivity contribution is 6.31. The second-order valence-electron chi connectivity index (χ2n) is 5.26. The van der Waals surface area contributed by atoms with Gasteiger partial charge in [0.15, 0.2) is 0 Å². The Morgan fingerprint density at radius 1 is 1.05 bits per heavy atom. The number of rotatable bonds is 5. The molecule has 0 aromatic heterocycles. The Labute approximate surface area is 126 Å². The fourth-order valence-electron chi connectivity index (χ4n) is 2.28. The van der Waals surface area contributed by atoms with Crippen molar-refractivity contribution >= 4 is 11.6 Å². The van der Waals surface area contributed by atoms with Crippen LogP contribution in [0.4, 0.5) is 0 Å². The Morgan fingerprint density at radius 3 is 2.30 bits per heavy atom. The maximum absolute atomic E-state index is 10.4. The SMILES string of the molecule is CCCCc1ccc(C(O)c2ccc(Cl)c(C)c2)cc1. The van der Waals surface area contributed by atoms with Crippen molar-refractivity contribution in [3.63, 3.8) is 0 Å². The van der Waals surface area contributed by atoms with Gasteiger partial charge in [0.05, 0.1) is 0 Å². The minimum atomic E-state index is -0.591. The zero-order valence-corrected chi connectivity index (χ0v) is 12.8. The molecule has 106 valence electrons. The normalized spacial score (nSPS) is 12.4. The average molecular weight is 289 g/mol. The minimum Gasteiger partial charge on any atom is -0.384 e. The summed E-state index contributed by atoms with van der Waals surface area (Å²) in [6, 6.07) is 13.9. The number of aliphatic hydroxyl groups is 1. The lowest BCUT2D eigenvalue weighted by molar-refractivity contribution is 0.220. The zero-order chi connectivity index (χ0) is 14.5. The fourth-order valence-corrected chi connectivity index (χ4v) is 2.40. The molecule has 0 saturated heterocycles. The number of unbranched alkanes of at least 4 members (excludes halogenated alkanes) is 1. The first-order chi connectivity index (χ1) is 9.61. The first kappa shape index (κ1) is 15.1. The molecule has 1 N–H and O–H groups in total. The summed E-state index contributed by atoms with van der Waals surface area (Å²) in [4.78, 5) is 0. The molecule has 0 fully saturated rings. The molecule has 0 amide bonds. The number of hydrogen-bond donors (Lipinski definition) is 1. The molecule has 0 bridgehead atoms. The summed E-state index contributed by atoms with van der Waals surface area (Å²) in [6.45, 7) is 4.15. The fraction of sp³-hybridized carbons (Fsp3) is 0.333. The lowest BCUT2D eigenvalue weighted by Crippen LogP contribution is -2.00. The van der Waals surface area contributed by atoms with Gasteiger partial charge >= 0.3 is 0 Å². The van der Waals surface area contributed by atoms with Gasteiger partial charge in [0.1, 0.15) is 6.10 Å². The lowest BCUT2D eigenvalue weighted by Gasteiger charge is -2.13. The Balaban J connectivity index is 2.15. The Kier molecular flexibility index (Phi) is 5.22. The molecule has 1 atom stereocenters. The third-order valence-electron chi connectivity index (χ3n) is 3.61. The van der Waals surface area contributed by atoms with Crippen LogP contribution < -0.4 is 0 Å². The summed E-state index contributed by atoms with van der Waals surface area (Å²) in [6.07, 6.45) is 2.92. The highest BCUT2D eigenvalue weighted by Gasteiger charge is 2.11. The average Bonchev–Trinajstić information content (AvgIpc) is 2.48. The summed E-state index contributed by atoms with van der Waals surface area (Å²) in [5, 5.41) is 11.2. The van der Waals surface area contributed by atoms with Crippen LogP contribution in [0.25, 0.3) is 0 Å². The van der Waals surface area contributed by atoms with Crippen molar-refractivity contribution in [2.45, 2.75) is 39.2 Å². The lowest BCUT2D eigenvalue weighted by atomic mass is 9.98. The van der Waals surface area contributed by atoms with Gasteiger partial charge in [-0.15, -0.1) is 0 Å². The molecule has 1 unspecified atom stereocenters. The Bertz CT molecular complexity index is 560. The zero-order valence-electron chi connectivity index (χ0n) is 12.1. The van der Waals surface area contributed by atoms with E-state index in [9.17, 15) is 5.11 Å². The molecule has 2 aromatic carbocycles. The number of aryl methyl sites for hydroxylation is 2. The maximum Gasteiger partial charge on any atom is 0.104 e. The molecule has 0 aliphatic heterocycles. The van der Waals surface area contributed by atoms with Crippen molar-refractivity contribution in [3.05, 3.63) is 69.7 Å². The number of halogens is 1. The second-order valence-corrected chi connectivity index (χ2v) is 5.66. The molecule has 20 heavy (non-hydrogen) atoms. The smallest absolute Gasteiger partial charge is 0.104 e. The number of aliphatic hydroxyl groups excluding tert-OH is 1. The summed E-state index contributed by atoms with van der Waals surface area (Å²) < 4.78 is 0. The quantitative estimate of drug-likeness (QED) is 0.814. The number of hydrogen-bond acceptors (Lipinski definition) is 1. The van der Waals surface area contributed by atoms with Crippen LogP contribution in [0.2, 0.25) is 5.02 Å². The molecule has 0 spiro atoms. The first-order valence-electron chi connectivity index (χ1n) is 7.14. The summed E-state index contributed by atoms with van der Waals surface area (Å²) in [5.74, 6) is 0. The molecule has 0 aliphatic rings. The molecule has 0 radical (unpaired) electrons. The van der Waals surface area contributed by atoms with E-state index in [1.807, 2.05) is 37.3 Å². The molecule has 2 rings (SSSR count). The monoisotopic (exact) mass is 288 g/mol. The third-order valence-corrected chi connectivity index (χ3v) is 4.04. The van der Waals surface area contributed by atoms with E-state index in [1.165, 1.54) is 18.4 Å². The maximum atomic E-state index is 10.4. The molecular formula is C18H21ClO. The largest absolute Gasteiger partial charge is 0.384 e. The van der Waals surface area contributed by atoms with Gasteiger partial charge in [-0.3, -0.25) is 0 Å². The number of benzene rings is 2. The highest BCUT2D eigenvalue weighted by atomic mass is 35.5. The van der Waals surface area contributed by atoms with Gasteiger partial charge in [-0.1, -0.05) is 61.3 Å². The van der Waals surface area contributed by atoms with Crippen LogP contribution in [-0.4, -0.2) is 5.11 Å². The van der Waals surface area contributed by atoms with Crippen LogP contribution >= 0.6 is 11.6 Å². The standard InChI is InChI=1S/C18H21ClO/c1-3-4-5-14-6-8-15(9-7-14)18(20)16-10-11-17(19)13(2)12-16/h6-12,18,20H,3-5H2,1-2H3. The van der Waals surface area contributed by atoms with Gasteiger partial charge in [0.2, 0.25) is 0 Å². The molecule has 2 heteroatoms.